The van der Waals surface area contributed by atoms with E-state index in [2.05, 4.69) is 21.6 Å². The van der Waals surface area contributed by atoms with Crippen molar-refractivity contribution in [2.24, 2.45) is 0 Å². The average Bonchev–Trinajstić information content (AvgIpc) is 2.49. The second-order valence-electron chi connectivity index (χ2n) is 5.99. The Morgan fingerprint density at radius 2 is 2.38 bits per heavy atom. The summed E-state index contributed by atoms with van der Waals surface area (Å²) in [7, 11) is 1.93. The van der Waals surface area contributed by atoms with E-state index in [1.807, 2.05) is 7.05 Å². The number of morpholine rings is 1. The summed E-state index contributed by atoms with van der Waals surface area (Å²) in [6.45, 7) is 4.49. The highest BCUT2D eigenvalue weighted by atomic mass is 16.5. The minimum atomic E-state index is 0.136. The highest BCUT2D eigenvalue weighted by Gasteiger charge is 2.21. The Hall–Kier alpha value is -0.910. The van der Waals surface area contributed by atoms with Crippen LogP contribution in [0.4, 0.5) is 0 Å². The van der Waals surface area contributed by atoms with E-state index in [9.17, 15) is 4.79 Å². The van der Waals surface area contributed by atoms with Gasteiger partial charge in [-0.05, 0) is 39.2 Å². The van der Waals surface area contributed by atoms with Gasteiger partial charge in [-0.25, -0.2) is 0 Å². The molecule has 1 heterocycles. The second-order valence-corrected chi connectivity index (χ2v) is 5.99. The van der Waals surface area contributed by atoms with E-state index < -0.39 is 0 Å². The van der Waals surface area contributed by atoms with Crippen molar-refractivity contribution in [1.82, 2.24) is 15.5 Å². The van der Waals surface area contributed by atoms with Gasteiger partial charge < -0.3 is 15.4 Å². The molecule has 1 aliphatic heterocycles. The lowest BCUT2D eigenvalue weighted by Crippen LogP contribution is -2.49. The lowest BCUT2D eigenvalue weighted by Gasteiger charge is -2.32. The van der Waals surface area contributed by atoms with Gasteiger partial charge in [-0.1, -0.05) is 11.6 Å². The molecule has 2 rings (SSSR count). The average molecular weight is 295 g/mol. The summed E-state index contributed by atoms with van der Waals surface area (Å²) >= 11 is 0. The first kappa shape index (κ1) is 16.5. The molecule has 2 N–H and O–H groups in total. The van der Waals surface area contributed by atoms with Crippen molar-refractivity contribution in [3.63, 3.8) is 0 Å². The second kappa shape index (κ2) is 9.18. The first-order valence-electron chi connectivity index (χ1n) is 8.21. The lowest BCUT2D eigenvalue weighted by molar-refractivity contribution is -0.124. The molecular formula is C16H29N3O2. The number of hydrogen-bond acceptors (Lipinski definition) is 4. The minimum Gasteiger partial charge on any atom is -0.374 e. The summed E-state index contributed by atoms with van der Waals surface area (Å²) < 4.78 is 5.65. The maximum Gasteiger partial charge on any atom is 0.234 e. The van der Waals surface area contributed by atoms with Gasteiger partial charge in [0.15, 0.2) is 0 Å². The molecule has 5 nitrogen and oxygen atoms in total. The zero-order valence-electron chi connectivity index (χ0n) is 13.2. The Morgan fingerprint density at radius 3 is 3.14 bits per heavy atom. The maximum absolute atomic E-state index is 12.0. The SMILES string of the molecule is CNCC1CN(CC(=O)NCCC2=CCCCC2)CCO1. The van der Waals surface area contributed by atoms with Crippen molar-refractivity contribution < 1.29 is 9.53 Å². The topological polar surface area (TPSA) is 53.6 Å². The summed E-state index contributed by atoms with van der Waals surface area (Å²) in [4.78, 5) is 14.2. The molecule has 2 aliphatic rings. The predicted octanol–water partition coefficient (Wildman–Crippen LogP) is 0.913. The van der Waals surface area contributed by atoms with E-state index >= 15 is 0 Å². The van der Waals surface area contributed by atoms with Gasteiger partial charge in [-0.2, -0.15) is 0 Å². The van der Waals surface area contributed by atoms with Gasteiger partial charge >= 0.3 is 0 Å². The monoisotopic (exact) mass is 295 g/mol. The van der Waals surface area contributed by atoms with Gasteiger partial charge in [0.25, 0.3) is 0 Å². The van der Waals surface area contributed by atoms with E-state index in [1.54, 1.807) is 0 Å². The summed E-state index contributed by atoms with van der Waals surface area (Å²) in [6, 6.07) is 0. The van der Waals surface area contributed by atoms with Gasteiger partial charge in [0.05, 0.1) is 19.3 Å². The molecule has 0 aromatic carbocycles. The predicted molar refractivity (Wildman–Crippen MR) is 84.3 cm³/mol. The highest BCUT2D eigenvalue weighted by Crippen LogP contribution is 2.19. The summed E-state index contributed by atoms with van der Waals surface area (Å²) in [5.74, 6) is 0.136. The molecule has 1 atom stereocenters. The van der Waals surface area contributed by atoms with Crippen molar-refractivity contribution in [2.75, 3.05) is 46.4 Å². The molecule has 5 heteroatoms. The number of nitrogens with one attached hydrogen (secondary N) is 2. The number of nitrogens with zero attached hydrogens (tertiary/aromatic N) is 1. The maximum atomic E-state index is 12.0. The van der Waals surface area contributed by atoms with Crippen molar-refractivity contribution in [1.29, 1.82) is 0 Å². The van der Waals surface area contributed by atoms with Crippen molar-refractivity contribution in [3.8, 4) is 0 Å². The zero-order valence-corrected chi connectivity index (χ0v) is 13.2. The number of carbonyl (C=O) groups is 1. The number of rotatable bonds is 7. The standard InChI is InChI=1S/C16H29N3O2/c1-17-11-15-12-19(9-10-21-15)13-16(20)18-8-7-14-5-3-2-4-6-14/h5,15,17H,2-4,6-13H2,1H3,(H,18,20). The van der Waals surface area contributed by atoms with Crippen LogP contribution in [0.1, 0.15) is 32.1 Å². The van der Waals surface area contributed by atoms with Crippen LogP contribution in [0.25, 0.3) is 0 Å². The van der Waals surface area contributed by atoms with Crippen LogP contribution in [0.5, 0.6) is 0 Å². The normalized spacial score (nSPS) is 23.7. The third-order valence-electron chi connectivity index (χ3n) is 4.18. The molecule has 0 bridgehead atoms. The number of amides is 1. The fraction of sp³-hybridized carbons (Fsp3) is 0.812. The first-order valence-corrected chi connectivity index (χ1v) is 8.21. The molecule has 1 unspecified atom stereocenters. The molecular weight excluding hydrogens is 266 g/mol. The molecule has 120 valence electrons. The van der Waals surface area contributed by atoms with E-state index in [4.69, 9.17) is 4.74 Å². The van der Waals surface area contributed by atoms with Crippen LogP contribution in [0, 0.1) is 0 Å². The Morgan fingerprint density at radius 1 is 1.48 bits per heavy atom. The minimum absolute atomic E-state index is 0.136. The van der Waals surface area contributed by atoms with Gasteiger partial charge in [0.2, 0.25) is 5.91 Å². The van der Waals surface area contributed by atoms with E-state index in [-0.39, 0.29) is 12.0 Å². The fourth-order valence-electron chi connectivity index (χ4n) is 3.03. The van der Waals surface area contributed by atoms with E-state index in [0.717, 1.165) is 32.6 Å². The molecule has 0 aromatic rings. The molecule has 1 amide bonds. The summed E-state index contributed by atoms with van der Waals surface area (Å²) in [5, 5.41) is 6.17. The van der Waals surface area contributed by atoms with Crippen molar-refractivity contribution in [2.45, 2.75) is 38.2 Å². The number of carbonyl (C=O) groups excluding carboxylic acids is 1. The molecule has 0 saturated carbocycles. The van der Waals surface area contributed by atoms with Gasteiger partial charge in [0, 0.05) is 26.2 Å². The molecule has 0 aromatic heterocycles. The number of ether oxygens (including phenoxy) is 1. The van der Waals surface area contributed by atoms with E-state index in [0.29, 0.717) is 13.2 Å². The van der Waals surface area contributed by atoms with Crippen LogP contribution < -0.4 is 10.6 Å². The Labute approximate surface area is 128 Å². The van der Waals surface area contributed by atoms with Crippen molar-refractivity contribution >= 4 is 5.91 Å². The van der Waals surface area contributed by atoms with Crippen LogP contribution in [0.3, 0.4) is 0 Å². The number of hydrogen-bond donors (Lipinski definition) is 2. The van der Waals surface area contributed by atoms with Crippen LogP contribution in [-0.4, -0.2) is 63.3 Å². The Balaban J connectivity index is 1.61. The molecule has 1 fully saturated rings. The number of allylic oxidation sites excluding steroid dienone is 1. The van der Waals surface area contributed by atoms with Crippen LogP contribution in [0.15, 0.2) is 11.6 Å². The summed E-state index contributed by atoms with van der Waals surface area (Å²) in [6.07, 6.45) is 8.61. The van der Waals surface area contributed by atoms with Gasteiger partial charge in [-0.3, -0.25) is 9.69 Å². The van der Waals surface area contributed by atoms with Gasteiger partial charge in [-0.15, -0.1) is 0 Å². The Bertz CT molecular complexity index is 355. The largest absolute Gasteiger partial charge is 0.374 e. The highest BCUT2D eigenvalue weighted by molar-refractivity contribution is 5.78. The number of likely N-dealkylation sites (N-methyl/N-ethyl adjacent to an activating group) is 1. The quantitative estimate of drug-likeness (QED) is 0.686. The van der Waals surface area contributed by atoms with Crippen LogP contribution >= 0.6 is 0 Å². The van der Waals surface area contributed by atoms with Crippen LogP contribution in [-0.2, 0) is 9.53 Å². The fourth-order valence-corrected chi connectivity index (χ4v) is 3.03. The molecule has 0 radical (unpaired) electrons. The van der Waals surface area contributed by atoms with Crippen LogP contribution in [0.2, 0.25) is 0 Å². The smallest absolute Gasteiger partial charge is 0.234 e. The molecule has 1 aliphatic carbocycles. The first-order chi connectivity index (χ1) is 10.3. The molecule has 21 heavy (non-hydrogen) atoms. The Kier molecular flexibility index (Phi) is 7.19. The lowest BCUT2D eigenvalue weighted by atomic mass is 9.97. The van der Waals surface area contributed by atoms with Gasteiger partial charge in [0.1, 0.15) is 0 Å². The van der Waals surface area contributed by atoms with Crippen molar-refractivity contribution in [3.05, 3.63) is 11.6 Å². The zero-order chi connectivity index (χ0) is 14.9. The van der Waals surface area contributed by atoms with E-state index in [1.165, 1.54) is 31.3 Å². The third-order valence-corrected chi connectivity index (χ3v) is 4.18. The third kappa shape index (κ3) is 6.16. The molecule has 1 saturated heterocycles. The summed E-state index contributed by atoms with van der Waals surface area (Å²) in [5.41, 5.74) is 1.52. The molecule has 0 spiro atoms.